The molecule has 1 N–H and O–H groups in total. The van der Waals surface area contributed by atoms with Crippen LogP contribution in [-0.4, -0.2) is 4.98 Å². The molecule has 2 aromatic carbocycles. The highest BCUT2D eigenvalue weighted by Crippen LogP contribution is 2.32. The van der Waals surface area contributed by atoms with Gasteiger partial charge in [-0.1, -0.05) is 34.1 Å². The maximum absolute atomic E-state index is 5.97. The van der Waals surface area contributed by atoms with E-state index in [9.17, 15) is 0 Å². The monoisotopic (exact) mass is 301 g/mol. The summed E-state index contributed by atoms with van der Waals surface area (Å²) in [5.74, 6) is 1.74. The molecule has 3 aromatic rings. The molecule has 0 atom stereocenters. The fraction of sp³-hybridized carbons (Fsp3) is 0.0667. The first-order valence-corrected chi connectivity index (χ1v) is 6.53. The van der Waals surface area contributed by atoms with Gasteiger partial charge >= 0.3 is 0 Å². The minimum Gasteiger partial charge on any atom is -0.455 e. The second kappa shape index (κ2) is 4.50. The van der Waals surface area contributed by atoms with Crippen molar-refractivity contribution >= 4 is 26.8 Å². The van der Waals surface area contributed by atoms with Gasteiger partial charge in [-0.25, -0.2) is 0 Å². The summed E-state index contributed by atoms with van der Waals surface area (Å²) in [5, 5.41) is 1.08. The maximum Gasteiger partial charge on any atom is 0.152 e. The lowest BCUT2D eigenvalue weighted by atomic mass is 10.2. The molecule has 0 fully saturated rings. The predicted octanol–water partition coefficient (Wildman–Crippen LogP) is 5.03. The van der Waals surface area contributed by atoms with Gasteiger partial charge in [-0.15, -0.1) is 0 Å². The van der Waals surface area contributed by atoms with Gasteiger partial charge in [0.1, 0.15) is 5.75 Å². The molecule has 0 saturated carbocycles. The van der Waals surface area contributed by atoms with Gasteiger partial charge in [0, 0.05) is 21.6 Å². The summed E-state index contributed by atoms with van der Waals surface area (Å²) in [6.45, 7) is 2.04. The predicted molar refractivity (Wildman–Crippen MR) is 77.3 cm³/mol. The molecule has 1 aromatic heterocycles. The van der Waals surface area contributed by atoms with Crippen molar-refractivity contribution in [2.24, 2.45) is 0 Å². The number of benzene rings is 2. The lowest BCUT2D eigenvalue weighted by Gasteiger charge is -2.07. The summed E-state index contributed by atoms with van der Waals surface area (Å²) in [6, 6.07) is 14.1. The second-order valence-corrected chi connectivity index (χ2v) is 5.13. The van der Waals surface area contributed by atoms with Gasteiger partial charge in [0.05, 0.1) is 0 Å². The van der Waals surface area contributed by atoms with Crippen molar-refractivity contribution in [1.82, 2.24) is 4.98 Å². The number of nitrogens with one attached hydrogen (secondary N) is 1. The van der Waals surface area contributed by atoms with E-state index in [2.05, 4.69) is 27.0 Å². The molecule has 0 saturated heterocycles. The van der Waals surface area contributed by atoms with Crippen LogP contribution in [0.4, 0.5) is 0 Å². The highest BCUT2D eigenvalue weighted by atomic mass is 79.9. The van der Waals surface area contributed by atoms with Crippen molar-refractivity contribution in [2.75, 3.05) is 0 Å². The van der Waals surface area contributed by atoms with Gasteiger partial charge in [-0.2, -0.15) is 0 Å². The van der Waals surface area contributed by atoms with Crippen LogP contribution in [0.15, 0.2) is 53.1 Å². The van der Waals surface area contributed by atoms with Crippen LogP contribution in [0, 0.1) is 6.92 Å². The van der Waals surface area contributed by atoms with E-state index in [1.165, 1.54) is 0 Å². The van der Waals surface area contributed by atoms with Crippen LogP contribution in [0.25, 0.3) is 10.9 Å². The molecule has 0 bridgehead atoms. The summed E-state index contributed by atoms with van der Waals surface area (Å²) in [5.41, 5.74) is 2.20. The lowest BCUT2D eigenvalue weighted by Crippen LogP contribution is -1.85. The van der Waals surface area contributed by atoms with Crippen LogP contribution in [-0.2, 0) is 0 Å². The van der Waals surface area contributed by atoms with Crippen molar-refractivity contribution in [3.63, 3.8) is 0 Å². The molecule has 0 aliphatic rings. The van der Waals surface area contributed by atoms with Crippen molar-refractivity contribution < 1.29 is 4.74 Å². The van der Waals surface area contributed by atoms with Crippen molar-refractivity contribution in [1.29, 1.82) is 0 Å². The smallest absolute Gasteiger partial charge is 0.152 e. The minimum absolute atomic E-state index is 0.848. The molecule has 0 radical (unpaired) electrons. The zero-order valence-corrected chi connectivity index (χ0v) is 11.5. The molecule has 2 nitrogen and oxygen atoms in total. The molecule has 18 heavy (non-hydrogen) atoms. The number of ether oxygens (including phenoxy) is 1. The zero-order valence-electron chi connectivity index (χ0n) is 9.91. The van der Waals surface area contributed by atoms with E-state index >= 15 is 0 Å². The molecule has 90 valence electrons. The molecule has 0 aliphatic heterocycles. The average Bonchev–Trinajstić information content (AvgIpc) is 2.75. The van der Waals surface area contributed by atoms with E-state index < -0.39 is 0 Å². The van der Waals surface area contributed by atoms with Crippen LogP contribution in [0.1, 0.15) is 5.56 Å². The number of rotatable bonds is 2. The largest absolute Gasteiger partial charge is 0.455 e. The highest BCUT2D eigenvalue weighted by Gasteiger charge is 2.07. The molecular formula is C15H12BrNO. The summed E-state index contributed by atoms with van der Waals surface area (Å²) >= 11 is 3.48. The normalized spacial score (nSPS) is 10.8. The van der Waals surface area contributed by atoms with E-state index in [1.54, 1.807) is 0 Å². The fourth-order valence-corrected chi connectivity index (χ4v) is 2.30. The Hall–Kier alpha value is -1.74. The van der Waals surface area contributed by atoms with Gasteiger partial charge in [-0.3, -0.25) is 0 Å². The number of aromatic amines is 1. The van der Waals surface area contributed by atoms with E-state index in [0.717, 1.165) is 32.4 Å². The number of para-hydroxylation sites is 1. The van der Waals surface area contributed by atoms with E-state index in [-0.39, 0.29) is 0 Å². The molecule has 0 unspecified atom stereocenters. The Balaban J connectivity index is 2.05. The van der Waals surface area contributed by atoms with Gasteiger partial charge in [0.15, 0.2) is 5.75 Å². The molecule has 3 heteroatoms. The zero-order chi connectivity index (χ0) is 12.5. The third kappa shape index (κ3) is 2.02. The Morgan fingerprint density at radius 2 is 1.89 bits per heavy atom. The average molecular weight is 302 g/mol. The Bertz CT molecular complexity index is 703. The van der Waals surface area contributed by atoms with Crippen LogP contribution >= 0.6 is 15.9 Å². The number of hydrogen-bond donors (Lipinski definition) is 1. The van der Waals surface area contributed by atoms with Gasteiger partial charge < -0.3 is 9.72 Å². The molecular weight excluding hydrogens is 290 g/mol. The number of aryl methyl sites for hydroxylation is 1. The maximum atomic E-state index is 5.97. The number of H-pyrrole nitrogens is 1. The second-order valence-electron chi connectivity index (χ2n) is 4.21. The van der Waals surface area contributed by atoms with E-state index in [4.69, 9.17) is 4.74 Å². The first-order chi connectivity index (χ1) is 8.74. The Morgan fingerprint density at radius 1 is 1.06 bits per heavy atom. The summed E-state index contributed by atoms with van der Waals surface area (Å²) < 4.78 is 7.01. The Labute approximate surface area is 114 Å². The van der Waals surface area contributed by atoms with Crippen molar-refractivity contribution in [2.45, 2.75) is 6.92 Å². The SMILES string of the molecule is Cc1ccccc1Oc1c[nH]c2ccc(Br)cc12. The number of fused-ring (bicyclic) bond motifs is 1. The van der Waals surface area contributed by atoms with Crippen LogP contribution < -0.4 is 4.74 Å². The standard InChI is InChI=1S/C15H12BrNO/c1-10-4-2-3-5-14(10)18-15-9-17-13-7-6-11(16)8-12(13)15/h2-9,17H,1H3. The Morgan fingerprint density at radius 3 is 2.72 bits per heavy atom. The van der Waals surface area contributed by atoms with Crippen LogP contribution in [0.3, 0.4) is 0 Å². The minimum atomic E-state index is 0.848. The number of hydrogen-bond acceptors (Lipinski definition) is 1. The van der Waals surface area contributed by atoms with Gasteiger partial charge in [-0.05, 0) is 36.8 Å². The molecule has 0 aliphatic carbocycles. The molecule has 0 amide bonds. The third-order valence-electron chi connectivity index (χ3n) is 2.92. The number of aromatic nitrogens is 1. The van der Waals surface area contributed by atoms with Crippen LogP contribution in [0.2, 0.25) is 0 Å². The van der Waals surface area contributed by atoms with E-state index in [0.29, 0.717) is 0 Å². The van der Waals surface area contributed by atoms with E-state index in [1.807, 2.05) is 49.5 Å². The lowest BCUT2D eigenvalue weighted by molar-refractivity contribution is 0.484. The summed E-state index contributed by atoms with van der Waals surface area (Å²) in [6.07, 6.45) is 1.89. The van der Waals surface area contributed by atoms with Crippen molar-refractivity contribution in [3.8, 4) is 11.5 Å². The first kappa shape index (κ1) is 11.4. The molecule has 1 heterocycles. The fourth-order valence-electron chi connectivity index (χ4n) is 1.94. The molecule has 0 spiro atoms. The Kier molecular flexibility index (Phi) is 2.84. The number of halogens is 1. The van der Waals surface area contributed by atoms with Gasteiger partial charge in [0.25, 0.3) is 0 Å². The van der Waals surface area contributed by atoms with Crippen molar-refractivity contribution in [3.05, 3.63) is 58.7 Å². The quantitative estimate of drug-likeness (QED) is 0.705. The first-order valence-electron chi connectivity index (χ1n) is 5.74. The molecule has 3 rings (SSSR count). The third-order valence-corrected chi connectivity index (χ3v) is 3.41. The topological polar surface area (TPSA) is 25.0 Å². The summed E-state index contributed by atoms with van der Waals surface area (Å²) in [4.78, 5) is 3.21. The summed E-state index contributed by atoms with van der Waals surface area (Å²) in [7, 11) is 0. The highest BCUT2D eigenvalue weighted by molar-refractivity contribution is 9.10. The van der Waals surface area contributed by atoms with Crippen LogP contribution in [0.5, 0.6) is 11.5 Å². The van der Waals surface area contributed by atoms with Gasteiger partial charge in [0.2, 0.25) is 0 Å².